The summed E-state index contributed by atoms with van der Waals surface area (Å²) in [6.45, 7) is 1.17. The summed E-state index contributed by atoms with van der Waals surface area (Å²) in [5.74, 6) is -5.23. The van der Waals surface area contributed by atoms with Gasteiger partial charge in [0.05, 0.1) is 0 Å². The first-order valence-electron chi connectivity index (χ1n) is 3.60. The van der Waals surface area contributed by atoms with E-state index >= 15 is 0 Å². The van der Waals surface area contributed by atoms with Gasteiger partial charge in [0.25, 0.3) is 0 Å². The highest BCUT2D eigenvalue weighted by Gasteiger charge is 2.22. The Morgan fingerprint density at radius 1 is 1.21 bits per heavy atom. The number of hydrogen-bond donors (Lipinski definition) is 2. The van der Waals surface area contributed by atoms with Gasteiger partial charge in [-0.05, 0) is 18.6 Å². The van der Waals surface area contributed by atoms with E-state index in [-0.39, 0.29) is 5.56 Å². The van der Waals surface area contributed by atoms with Crippen LogP contribution in [0.4, 0.5) is 13.2 Å². The second kappa shape index (κ2) is 3.89. The molecule has 0 radical (unpaired) electrons. The van der Waals surface area contributed by atoms with E-state index in [9.17, 15) is 13.2 Å². The molecule has 1 aromatic rings. The van der Waals surface area contributed by atoms with Crippen molar-refractivity contribution in [2.45, 2.75) is 6.92 Å². The molecule has 2 N–H and O–H groups in total. The number of aryl methyl sites for hydroxylation is 1. The molecular weight excluding hydrogens is 200 g/mol. The van der Waals surface area contributed by atoms with Gasteiger partial charge in [-0.15, -0.1) is 0 Å². The van der Waals surface area contributed by atoms with Crippen molar-refractivity contribution < 1.29 is 27.9 Å². The molecule has 0 aliphatic heterocycles. The fraction of sp³-hybridized carbons (Fsp3) is 0.143. The first-order valence-corrected chi connectivity index (χ1v) is 3.60. The second-order valence-corrected chi connectivity index (χ2v) is 2.58. The molecule has 0 atom stereocenters. The van der Waals surface area contributed by atoms with Crippen molar-refractivity contribution in [1.82, 2.24) is 0 Å². The Hall–Kier alpha value is -1.21. The predicted molar refractivity (Wildman–Crippen MR) is 41.9 cm³/mol. The molecule has 1 rings (SSSR count). The van der Waals surface area contributed by atoms with Gasteiger partial charge in [0.1, 0.15) is 0 Å². The third kappa shape index (κ3) is 1.99. The summed E-state index contributed by atoms with van der Waals surface area (Å²) in [4.78, 5) is 0. The molecule has 0 unspecified atom stereocenters. The Balaban J connectivity index is 3.22. The third-order valence-electron chi connectivity index (χ3n) is 1.52. The van der Waals surface area contributed by atoms with Gasteiger partial charge < -0.3 is 14.7 Å². The van der Waals surface area contributed by atoms with Crippen molar-refractivity contribution in [3.8, 4) is 5.75 Å². The first kappa shape index (κ1) is 10.9. The van der Waals surface area contributed by atoms with E-state index in [0.717, 1.165) is 0 Å². The van der Waals surface area contributed by atoms with Gasteiger partial charge >= 0.3 is 7.32 Å². The zero-order valence-electron chi connectivity index (χ0n) is 7.09. The average molecular weight is 206 g/mol. The lowest BCUT2D eigenvalue weighted by Gasteiger charge is -2.08. The normalized spacial score (nSPS) is 10.1. The zero-order chi connectivity index (χ0) is 10.9. The predicted octanol–water partition coefficient (Wildman–Crippen LogP) is 0.761. The van der Waals surface area contributed by atoms with Gasteiger partial charge in [-0.2, -0.15) is 4.39 Å². The van der Waals surface area contributed by atoms with Gasteiger partial charge in [0.15, 0.2) is 17.4 Å². The average Bonchev–Trinajstić information content (AvgIpc) is 2.09. The highest BCUT2D eigenvalue weighted by atomic mass is 19.2. The van der Waals surface area contributed by atoms with Crippen LogP contribution in [0.5, 0.6) is 5.75 Å². The topological polar surface area (TPSA) is 49.7 Å². The minimum atomic E-state index is -2.40. The Kier molecular flexibility index (Phi) is 3.02. The highest BCUT2D eigenvalue weighted by molar-refractivity contribution is 6.33. The number of hydrogen-bond acceptors (Lipinski definition) is 3. The van der Waals surface area contributed by atoms with Gasteiger partial charge in [0, 0.05) is 0 Å². The van der Waals surface area contributed by atoms with Crippen molar-refractivity contribution in [3.63, 3.8) is 0 Å². The first-order chi connectivity index (χ1) is 6.43. The molecule has 7 heteroatoms. The lowest BCUT2D eigenvalue weighted by Crippen LogP contribution is -2.22. The molecule has 0 bridgehead atoms. The van der Waals surface area contributed by atoms with Crippen molar-refractivity contribution in [2.24, 2.45) is 0 Å². The molecule has 14 heavy (non-hydrogen) atoms. The van der Waals surface area contributed by atoms with Crippen LogP contribution in [0, 0.1) is 24.4 Å². The minimum absolute atomic E-state index is 0.236. The van der Waals surface area contributed by atoms with Gasteiger partial charge in [0.2, 0.25) is 5.82 Å². The molecular formula is C7H6BF3O3. The quantitative estimate of drug-likeness (QED) is 0.554. The molecule has 0 amide bonds. The standard InChI is InChI=1S/C7H6BF3O3/c1-3-2-4(9)7(14-8(12)13)6(11)5(3)10/h2,12-13H,1H3. The molecule has 0 heterocycles. The van der Waals surface area contributed by atoms with E-state index < -0.39 is 30.5 Å². The van der Waals surface area contributed by atoms with Crippen LogP contribution in [-0.2, 0) is 0 Å². The van der Waals surface area contributed by atoms with E-state index in [4.69, 9.17) is 10.0 Å². The third-order valence-corrected chi connectivity index (χ3v) is 1.52. The highest BCUT2D eigenvalue weighted by Crippen LogP contribution is 2.26. The fourth-order valence-electron chi connectivity index (χ4n) is 0.910. The number of rotatable bonds is 2. The lowest BCUT2D eigenvalue weighted by atomic mass is 10.2. The van der Waals surface area contributed by atoms with Crippen LogP contribution in [0.25, 0.3) is 0 Å². The van der Waals surface area contributed by atoms with Crippen molar-refractivity contribution in [3.05, 3.63) is 29.1 Å². The van der Waals surface area contributed by atoms with Crippen LogP contribution in [0.15, 0.2) is 6.07 Å². The summed E-state index contributed by atoms with van der Waals surface area (Å²) >= 11 is 0. The Morgan fingerprint density at radius 2 is 1.79 bits per heavy atom. The molecule has 0 spiro atoms. The maximum Gasteiger partial charge on any atom is 0.707 e. The fourth-order valence-corrected chi connectivity index (χ4v) is 0.910. The van der Waals surface area contributed by atoms with Crippen LogP contribution in [-0.4, -0.2) is 17.4 Å². The number of halogens is 3. The van der Waals surface area contributed by atoms with Crippen molar-refractivity contribution in [1.29, 1.82) is 0 Å². The monoisotopic (exact) mass is 206 g/mol. The van der Waals surface area contributed by atoms with E-state index in [1.165, 1.54) is 6.92 Å². The maximum absolute atomic E-state index is 12.9. The van der Waals surface area contributed by atoms with Crippen molar-refractivity contribution >= 4 is 7.32 Å². The van der Waals surface area contributed by atoms with Gasteiger partial charge in [-0.3, -0.25) is 0 Å². The summed E-state index contributed by atoms with van der Waals surface area (Å²) in [5.41, 5.74) is -0.236. The molecule has 1 aromatic carbocycles. The lowest BCUT2D eigenvalue weighted by molar-refractivity contribution is 0.271. The number of benzene rings is 1. The molecule has 3 nitrogen and oxygen atoms in total. The Morgan fingerprint density at radius 3 is 2.29 bits per heavy atom. The van der Waals surface area contributed by atoms with Gasteiger partial charge in [-0.1, -0.05) is 0 Å². The SMILES string of the molecule is Cc1cc(F)c(OB(O)O)c(F)c1F. The largest absolute Gasteiger partial charge is 0.707 e. The Bertz CT molecular complexity index is 357. The Labute approximate surface area is 77.9 Å². The molecule has 0 aromatic heterocycles. The van der Waals surface area contributed by atoms with Crippen LogP contribution >= 0.6 is 0 Å². The van der Waals surface area contributed by atoms with E-state index in [1.54, 1.807) is 0 Å². The van der Waals surface area contributed by atoms with E-state index in [0.29, 0.717) is 6.07 Å². The summed E-state index contributed by atoms with van der Waals surface area (Å²) in [5, 5.41) is 16.6. The van der Waals surface area contributed by atoms with Crippen LogP contribution in [0.2, 0.25) is 0 Å². The minimum Gasteiger partial charge on any atom is -0.507 e. The molecule has 76 valence electrons. The summed E-state index contributed by atoms with van der Waals surface area (Å²) in [7, 11) is -2.40. The second-order valence-electron chi connectivity index (χ2n) is 2.58. The van der Waals surface area contributed by atoms with Crippen LogP contribution < -0.4 is 4.65 Å². The summed E-state index contributed by atoms with van der Waals surface area (Å²) < 4.78 is 42.6. The van der Waals surface area contributed by atoms with Crippen molar-refractivity contribution in [2.75, 3.05) is 0 Å². The van der Waals surface area contributed by atoms with Crippen LogP contribution in [0.1, 0.15) is 5.56 Å². The maximum atomic E-state index is 12.9. The molecule has 0 saturated heterocycles. The van der Waals surface area contributed by atoms with Gasteiger partial charge in [-0.25, -0.2) is 8.78 Å². The van der Waals surface area contributed by atoms with Crippen LogP contribution in [0.3, 0.4) is 0 Å². The summed E-state index contributed by atoms with van der Waals surface area (Å²) in [6.07, 6.45) is 0. The molecule has 0 fully saturated rings. The summed E-state index contributed by atoms with van der Waals surface area (Å²) in [6, 6.07) is 0.691. The molecule has 0 aliphatic carbocycles. The van der Waals surface area contributed by atoms with E-state index in [2.05, 4.69) is 4.65 Å². The molecule has 0 aliphatic rings. The smallest absolute Gasteiger partial charge is 0.507 e. The molecule has 0 saturated carbocycles. The zero-order valence-corrected chi connectivity index (χ0v) is 7.09. The van der Waals surface area contributed by atoms with E-state index in [1.807, 2.05) is 0 Å².